The fourth-order valence-corrected chi connectivity index (χ4v) is 0.574. The number of allylic oxidation sites excluding steroid dienone is 2. The molecule has 44 valence electrons. The van der Waals surface area contributed by atoms with Crippen molar-refractivity contribution in [1.29, 1.82) is 0 Å². The quantitative estimate of drug-likeness (QED) is 0.518. The van der Waals surface area contributed by atoms with Crippen molar-refractivity contribution in [2.75, 3.05) is 14.1 Å². The van der Waals surface area contributed by atoms with Gasteiger partial charge in [0.25, 0.3) is 0 Å². The Balaban J connectivity index is 2.46. The molecule has 0 amide bonds. The van der Waals surface area contributed by atoms with Gasteiger partial charge in [0, 0.05) is 19.8 Å². The van der Waals surface area contributed by atoms with Gasteiger partial charge in [0.1, 0.15) is 0 Å². The first-order chi connectivity index (χ1) is 3.72. The molecule has 0 aliphatic heterocycles. The zero-order valence-corrected chi connectivity index (χ0v) is 5.44. The van der Waals surface area contributed by atoms with Gasteiger partial charge in [-0.15, -0.1) is 0 Å². The number of likely N-dealkylation sites (N-methyl/N-ethyl adjacent to an activating group) is 1. The van der Waals surface area contributed by atoms with Gasteiger partial charge in [-0.2, -0.15) is 0 Å². The molecule has 0 fully saturated rings. The molecule has 0 unspecified atom stereocenters. The van der Waals surface area contributed by atoms with E-state index in [-0.39, 0.29) is 0 Å². The summed E-state index contributed by atoms with van der Waals surface area (Å²) in [5.41, 5.74) is 2.56. The van der Waals surface area contributed by atoms with Crippen LogP contribution in [-0.4, -0.2) is 19.0 Å². The molecule has 0 bridgehead atoms. The van der Waals surface area contributed by atoms with Crippen LogP contribution in [0.4, 0.5) is 0 Å². The summed E-state index contributed by atoms with van der Waals surface area (Å²) in [6.07, 6.45) is 3.33. The molecule has 0 saturated carbocycles. The lowest BCUT2D eigenvalue weighted by atomic mass is 10.4. The largest absolute Gasteiger partial charge is 0.378 e. The maximum atomic E-state index is 3.87. The van der Waals surface area contributed by atoms with Crippen LogP contribution in [0, 0.1) is 0 Å². The topological polar surface area (TPSA) is 3.24 Å². The average molecular weight is 109 g/mol. The van der Waals surface area contributed by atoms with Crippen LogP contribution in [0.5, 0.6) is 0 Å². The van der Waals surface area contributed by atoms with Gasteiger partial charge in [0.15, 0.2) is 0 Å². The van der Waals surface area contributed by atoms with Crippen molar-refractivity contribution in [2.24, 2.45) is 0 Å². The molecule has 0 saturated heterocycles. The number of rotatable bonds is 2. The summed E-state index contributed by atoms with van der Waals surface area (Å²) in [7, 11) is 4.03. The Bertz CT molecular complexity index is 142. The van der Waals surface area contributed by atoms with E-state index in [0.717, 1.165) is 12.1 Å². The van der Waals surface area contributed by atoms with Gasteiger partial charge in [0.2, 0.25) is 0 Å². The highest BCUT2D eigenvalue weighted by Crippen LogP contribution is 2.26. The number of hydrogen-bond donors (Lipinski definition) is 0. The molecular formula is C7H11N. The molecule has 0 spiro atoms. The normalized spacial score (nSPS) is 15.0. The summed E-state index contributed by atoms with van der Waals surface area (Å²) in [5.74, 6) is 0. The summed E-state index contributed by atoms with van der Waals surface area (Å²) in [4.78, 5) is 2.04. The second-order valence-electron chi connectivity index (χ2n) is 2.27. The predicted molar refractivity (Wildman–Crippen MR) is 35.5 cm³/mol. The van der Waals surface area contributed by atoms with Gasteiger partial charge < -0.3 is 4.90 Å². The molecule has 1 nitrogen and oxygen atoms in total. The van der Waals surface area contributed by atoms with Gasteiger partial charge in [0.05, 0.1) is 0 Å². The van der Waals surface area contributed by atoms with E-state index in [9.17, 15) is 0 Å². The van der Waals surface area contributed by atoms with Crippen LogP contribution < -0.4 is 0 Å². The minimum Gasteiger partial charge on any atom is -0.378 e. The summed E-state index contributed by atoms with van der Waals surface area (Å²) >= 11 is 0. The van der Waals surface area contributed by atoms with E-state index in [4.69, 9.17) is 0 Å². The molecule has 0 radical (unpaired) electrons. The Morgan fingerprint density at radius 1 is 1.75 bits per heavy atom. The third kappa shape index (κ3) is 0.915. The Hall–Kier alpha value is -0.720. The van der Waals surface area contributed by atoms with E-state index in [0.29, 0.717) is 0 Å². The zero-order valence-electron chi connectivity index (χ0n) is 5.44. The molecular weight excluding hydrogens is 98.1 g/mol. The van der Waals surface area contributed by atoms with Crippen molar-refractivity contribution < 1.29 is 0 Å². The van der Waals surface area contributed by atoms with Gasteiger partial charge in [-0.1, -0.05) is 12.7 Å². The predicted octanol–water partition coefficient (Wildman–Crippen LogP) is 1.39. The van der Waals surface area contributed by atoms with E-state index < -0.39 is 0 Å². The van der Waals surface area contributed by atoms with Crippen LogP contribution in [0.25, 0.3) is 0 Å². The van der Waals surface area contributed by atoms with Gasteiger partial charge >= 0.3 is 0 Å². The van der Waals surface area contributed by atoms with E-state index in [1.165, 1.54) is 5.57 Å². The smallest absolute Gasteiger partial charge is 0.0320 e. The lowest BCUT2D eigenvalue weighted by Crippen LogP contribution is -2.08. The van der Waals surface area contributed by atoms with Crippen molar-refractivity contribution in [2.45, 2.75) is 6.42 Å². The van der Waals surface area contributed by atoms with Crippen LogP contribution in [0.15, 0.2) is 23.9 Å². The summed E-state index contributed by atoms with van der Waals surface area (Å²) in [6.45, 7) is 3.87. The first kappa shape index (κ1) is 5.42. The molecule has 1 rings (SSSR count). The zero-order chi connectivity index (χ0) is 6.15. The second-order valence-corrected chi connectivity index (χ2v) is 2.27. The third-order valence-corrected chi connectivity index (χ3v) is 1.32. The molecule has 0 atom stereocenters. The minimum absolute atomic E-state index is 1.15. The van der Waals surface area contributed by atoms with Gasteiger partial charge in [-0.05, 0) is 12.0 Å². The maximum absolute atomic E-state index is 3.87. The first-order valence-electron chi connectivity index (χ1n) is 2.77. The van der Waals surface area contributed by atoms with Crippen molar-refractivity contribution >= 4 is 0 Å². The fraction of sp³-hybridized carbons (Fsp3) is 0.429. The van der Waals surface area contributed by atoms with Crippen molar-refractivity contribution in [3.05, 3.63) is 23.9 Å². The van der Waals surface area contributed by atoms with E-state index >= 15 is 0 Å². The number of nitrogens with zero attached hydrogens (tertiary/aromatic N) is 1. The standard InChI is InChI=1S/C7H11N/c1-6(8(2)3)7-4-5-7/h4H,1,5H2,2-3H3. The average Bonchev–Trinajstić information content (AvgIpc) is 2.43. The third-order valence-electron chi connectivity index (χ3n) is 1.32. The highest BCUT2D eigenvalue weighted by molar-refractivity contribution is 5.39. The Morgan fingerprint density at radius 3 is 2.38 bits per heavy atom. The molecule has 1 heteroatoms. The van der Waals surface area contributed by atoms with Crippen LogP contribution in [-0.2, 0) is 0 Å². The summed E-state index contributed by atoms with van der Waals surface area (Å²) < 4.78 is 0. The van der Waals surface area contributed by atoms with E-state index in [1.54, 1.807) is 0 Å². The Kier molecular flexibility index (Phi) is 1.12. The van der Waals surface area contributed by atoms with Gasteiger partial charge in [-0.3, -0.25) is 0 Å². The summed E-state index contributed by atoms with van der Waals surface area (Å²) in [5, 5.41) is 0. The lowest BCUT2D eigenvalue weighted by Gasteiger charge is -2.11. The molecule has 0 heterocycles. The second kappa shape index (κ2) is 1.66. The molecule has 8 heavy (non-hydrogen) atoms. The minimum atomic E-state index is 1.15. The van der Waals surface area contributed by atoms with Crippen LogP contribution >= 0.6 is 0 Å². The van der Waals surface area contributed by atoms with Gasteiger partial charge in [-0.25, -0.2) is 0 Å². The summed E-state index contributed by atoms with van der Waals surface area (Å²) in [6, 6.07) is 0. The lowest BCUT2D eigenvalue weighted by molar-refractivity contribution is 0.527. The van der Waals surface area contributed by atoms with Crippen LogP contribution in [0.2, 0.25) is 0 Å². The monoisotopic (exact) mass is 109 g/mol. The highest BCUT2D eigenvalue weighted by Gasteiger charge is 2.11. The number of hydrogen-bond acceptors (Lipinski definition) is 1. The van der Waals surface area contributed by atoms with E-state index in [2.05, 4.69) is 12.7 Å². The molecule has 1 aliphatic rings. The molecule has 0 aromatic rings. The molecule has 0 aromatic carbocycles. The Morgan fingerprint density at radius 2 is 2.25 bits per heavy atom. The molecule has 0 aromatic heterocycles. The maximum Gasteiger partial charge on any atom is 0.0320 e. The molecule has 1 aliphatic carbocycles. The highest BCUT2D eigenvalue weighted by atomic mass is 15.1. The van der Waals surface area contributed by atoms with Crippen LogP contribution in [0.1, 0.15) is 6.42 Å². The Labute approximate surface area is 50.3 Å². The SMILES string of the molecule is C=C(C1=CC1)N(C)C. The van der Waals surface area contributed by atoms with E-state index in [1.807, 2.05) is 19.0 Å². The van der Waals surface area contributed by atoms with Crippen molar-refractivity contribution in [3.8, 4) is 0 Å². The van der Waals surface area contributed by atoms with Crippen molar-refractivity contribution in [1.82, 2.24) is 4.90 Å². The van der Waals surface area contributed by atoms with Crippen molar-refractivity contribution in [3.63, 3.8) is 0 Å². The molecule has 0 N–H and O–H groups in total. The first-order valence-corrected chi connectivity index (χ1v) is 2.77. The van der Waals surface area contributed by atoms with Crippen LogP contribution in [0.3, 0.4) is 0 Å². The fourth-order valence-electron chi connectivity index (χ4n) is 0.574.